The van der Waals surface area contributed by atoms with Gasteiger partial charge < -0.3 is 0 Å². The summed E-state index contributed by atoms with van der Waals surface area (Å²) in [5.41, 5.74) is 1.14. The lowest BCUT2D eigenvalue weighted by Gasteiger charge is -2.35. The van der Waals surface area contributed by atoms with Crippen LogP contribution in [-0.4, -0.2) is 34.8 Å². The Hall–Kier alpha value is -1.22. The summed E-state index contributed by atoms with van der Waals surface area (Å²) in [6.45, 7) is 3.85. The molecule has 1 unspecified atom stereocenters. The number of pyridine rings is 1. The molecule has 2 rings (SSSR count). The molecule has 3 heteroatoms. The monoisotopic (exact) mass is 246 g/mol. The van der Waals surface area contributed by atoms with Crippen LogP contribution in [0.4, 0.5) is 0 Å². The molecular weight excluding hydrogens is 224 g/mol. The quantitative estimate of drug-likeness (QED) is 0.800. The van der Waals surface area contributed by atoms with Gasteiger partial charge in [-0.05, 0) is 38.4 Å². The van der Waals surface area contributed by atoms with E-state index in [2.05, 4.69) is 16.0 Å². The summed E-state index contributed by atoms with van der Waals surface area (Å²) in [4.78, 5) is 18.1. The zero-order chi connectivity index (χ0) is 12.8. The minimum absolute atomic E-state index is 0.310. The number of Topliss-reactive ketones (excluding diaryl/α,β-unsaturated/α-hetero) is 1. The van der Waals surface area contributed by atoms with Crippen molar-refractivity contribution in [3.8, 4) is 0 Å². The average molecular weight is 246 g/mol. The topological polar surface area (TPSA) is 33.2 Å². The Morgan fingerprint density at radius 3 is 3.06 bits per heavy atom. The molecule has 1 atom stereocenters. The molecule has 98 valence electrons. The van der Waals surface area contributed by atoms with E-state index in [1.165, 1.54) is 19.3 Å². The molecule has 1 saturated heterocycles. The molecule has 2 heterocycles. The lowest BCUT2D eigenvalue weighted by molar-refractivity contribution is -0.118. The molecule has 1 aliphatic heterocycles. The first-order chi connectivity index (χ1) is 8.75. The summed E-state index contributed by atoms with van der Waals surface area (Å²) in [5, 5.41) is 0. The van der Waals surface area contributed by atoms with E-state index in [4.69, 9.17) is 0 Å². The van der Waals surface area contributed by atoms with Gasteiger partial charge in [0.1, 0.15) is 5.78 Å². The van der Waals surface area contributed by atoms with Crippen LogP contribution in [-0.2, 0) is 11.2 Å². The van der Waals surface area contributed by atoms with E-state index in [9.17, 15) is 4.79 Å². The van der Waals surface area contributed by atoms with Crippen LogP contribution in [0.15, 0.2) is 24.4 Å². The average Bonchev–Trinajstić information content (AvgIpc) is 2.38. The smallest absolute Gasteiger partial charge is 0.131 e. The highest BCUT2D eigenvalue weighted by Crippen LogP contribution is 2.20. The lowest BCUT2D eigenvalue weighted by atomic mass is 9.97. The van der Waals surface area contributed by atoms with Gasteiger partial charge in [0.05, 0.1) is 0 Å². The van der Waals surface area contributed by atoms with Crippen LogP contribution >= 0.6 is 0 Å². The molecule has 1 aliphatic rings. The van der Waals surface area contributed by atoms with Gasteiger partial charge in [0.15, 0.2) is 0 Å². The van der Waals surface area contributed by atoms with Crippen LogP contribution in [0.3, 0.4) is 0 Å². The van der Waals surface area contributed by atoms with E-state index in [-0.39, 0.29) is 0 Å². The predicted molar refractivity (Wildman–Crippen MR) is 72.5 cm³/mol. The first-order valence-corrected chi connectivity index (χ1v) is 6.89. The number of carbonyl (C=O) groups is 1. The molecule has 0 N–H and O–H groups in total. The van der Waals surface area contributed by atoms with Crippen LogP contribution < -0.4 is 0 Å². The summed E-state index contributed by atoms with van der Waals surface area (Å²) in [7, 11) is 0. The van der Waals surface area contributed by atoms with Crippen molar-refractivity contribution in [1.82, 2.24) is 9.88 Å². The molecule has 1 fully saturated rings. The number of ketones is 1. The second-order valence-electron chi connectivity index (χ2n) is 5.16. The minimum atomic E-state index is 0.310. The van der Waals surface area contributed by atoms with Gasteiger partial charge in [0.2, 0.25) is 0 Å². The largest absolute Gasteiger partial charge is 0.300 e. The van der Waals surface area contributed by atoms with Crippen molar-refractivity contribution >= 4 is 5.78 Å². The second kappa shape index (κ2) is 6.64. The number of nitrogens with zero attached hydrogens (tertiary/aromatic N) is 2. The van der Waals surface area contributed by atoms with E-state index in [0.29, 0.717) is 18.2 Å². The third-order valence-corrected chi connectivity index (χ3v) is 3.65. The molecule has 0 amide bonds. The third-order valence-electron chi connectivity index (χ3n) is 3.65. The van der Waals surface area contributed by atoms with Crippen molar-refractivity contribution in [2.24, 2.45) is 0 Å². The molecule has 1 aromatic rings. The molecule has 3 nitrogen and oxygen atoms in total. The standard InChI is InChI=1S/C15H22N2O/c1-13(18)12-15-7-3-5-10-17(15)11-8-14-6-2-4-9-16-14/h2,4,6,9,15H,3,5,7-8,10-12H2,1H3. The minimum Gasteiger partial charge on any atom is -0.300 e. The molecular formula is C15H22N2O. The number of hydrogen-bond acceptors (Lipinski definition) is 3. The van der Waals surface area contributed by atoms with Gasteiger partial charge in [-0.3, -0.25) is 14.7 Å². The maximum atomic E-state index is 11.3. The van der Waals surface area contributed by atoms with Crippen LogP contribution in [0.2, 0.25) is 0 Å². The Labute approximate surface area is 109 Å². The van der Waals surface area contributed by atoms with Gasteiger partial charge in [-0.25, -0.2) is 0 Å². The first kappa shape index (κ1) is 13.2. The highest BCUT2D eigenvalue weighted by Gasteiger charge is 2.23. The Kier molecular flexibility index (Phi) is 4.88. The Morgan fingerprint density at radius 2 is 2.33 bits per heavy atom. The molecule has 0 saturated carbocycles. The maximum absolute atomic E-state index is 11.3. The van der Waals surface area contributed by atoms with E-state index >= 15 is 0 Å². The van der Waals surface area contributed by atoms with Gasteiger partial charge in [-0.15, -0.1) is 0 Å². The first-order valence-electron chi connectivity index (χ1n) is 6.89. The molecule has 0 aromatic carbocycles. The summed E-state index contributed by atoms with van der Waals surface area (Å²) in [6.07, 6.45) is 7.23. The Bertz CT molecular complexity index is 377. The Balaban J connectivity index is 1.87. The van der Waals surface area contributed by atoms with Gasteiger partial charge >= 0.3 is 0 Å². The second-order valence-corrected chi connectivity index (χ2v) is 5.16. The predicted octanol–water partition coefficient (Wildman–Crippen LogP) is 2.46. The molecule has 0 aliphatic carbocycles. The van der Waals surface area contributed by atoms with Gasteiger partial charge in [0, 0.05) is 37.3 Å². The van der Waals surface area contributed by atoms with Gasteiger partial charge in [-0.1, -0.05) is 12.5 Å². The fraction of sp³-hybridized carbons (Fsp3) is 0.600. The number of rotatable bonds is 5. The van der Waals surface area contributed by atoms with E-state index in [0.717, 1.165) is 25.2 Å². The fourth-order valence-electron chi connectivity index (χ4n) is 2.72. The van der Waals surface area contributed by atoms with Crippen LogP contribution in [0.1, 0.15) is 38.3 Å². The number of piperidine rings is 1. The van der Waals surface area contributed by atoms with Crippen molar-refractivity contribution in [1.29, 1.82) is 0 Å². The van der Waals surface area contributed by atoms with Crippen molar-refractivity contribution in [3.05, 3.63) is 30.1 Å². The molecule has 0 radical (unpaired) electrons. The number of aromatic nitrogens is 1. The zero-order valence-corrected chi connectivity index (χ0v) is 11.1. The normalized spacial score (nSPS) is 20.8. The summed E-state index contributed by atoms with van der Waals surface area (Å²) in [6, 6.07) is 6.51. The fourth-order valence-corrected chi connectivity index (χ4v) is 2.72. The lowest BCUT2D eigenvalue weighted by Crippen LogP contribution is -2.41. The zero-order valence-electron chi connectivity index (χ0n) is 11.1. The number of likely N-dealkylation sites (tertiary alicyclic amines) is 1. The van der Waals surface area contributed by atoms with E-state index in [1.807, 2.05) is 18.3 Å². The van der Waals surface area contributed by atoms with Gasteiger partial charge in [-0.2, -0.15) is 0 Å². The van der Waals surface area contributed by atoms with E-state index in [1.54, 1.807) is 6.92 Å². The maximum Gasteiger partial charge on any atom is 0.131 e. The van der Waals surface area contributed by atoms with Crippen molar-refractivity contribution in [2.75, 3.05) is 13.1 Å². The Morgan fingerprint density at radius 1 is 1.44 bits per heavy atom. The summed E-state index contributed by atoms with van der Waals surface area (Å²) in [5.74, 6) is 0.310. The third kappa shape index (κ3) is 3.91. The molecule has 1 aromatic heterocycles. The number of carbonyl (C=O) groups excluding carboxylic acids is 1. The molecule has 18 heavy (non-hydrogen) atoms. The van der Waals surface area contributed by atoms with Crippen molar-refractivity contribution < 1.29 is 4.79 Å². The van der Waals surface area contributed by atoms with Crippen LogP contribution in [0, 0.1) is 0 Å². The summed E-state index contributed by atoms with van der Waals surface area (Å²) >= 11 is 0. The molecule has 0 bridgehead atoms. The van der Waals surface area contributed by atoms with Crippen molar-refractivity contribution in [3.63, 3.8) is 0 Å². The van der Waals surface area contributed by atoms with Crippen LogP contribution in [0.25, 0.3) is 0 Å². The summed E-state index contributed by atoms with van der Waals surface area (Å²) < 4.78 is 0. The highest BCUT2D eigenvalue weighted by molar-refractivity contribution is 5.76. The van der Waals surface area contributed by atoms with E-state index < -0.39 is 0 Å². The SMILES string of the molecule is CC(=O)CC1CCCCN1CCc1ccccn1. The highest BCUT2D eigenvalue weighted by atomic mass is 16.1. The van der Waals surface area contributed by atoms with Crippen LogP contribution in [0.5, 0.6) is 0 Å². The number of hydrogen-bond donors (Lipinski definition) is 0. The molecule has 0 spiro atoms. The van der Waals surface area contributed by atoms with Crippen molar-refractivity contribution in [2.45, 2.75) is 45.1 Å². The van der Waals surface area contributed by atoms with Gasteiger partial charge in [0.25, 0.3) is 0 Å².